The normalized spacial score (nSPS) is 15.6. The van der Waals surface area contributed by atoms with Crippen molar-refractivity contribution in [2.75, 3.05) is 7.11 Å². The van der Waals surface area contributed by atoms with Crippen LogP contribution in [0.3, 0.4) is 0 Å². The van der Waals surface area contributed by atoms with Crippen LogP contribution >= 0.6 is 0 Å². The number of carbonyl (C=O) groups excluding carboxylic acids is 1. The summed E-state index contributed by atoms with van der Waals surface area (Å²) >= 11 is 0. The second-order valence-electron chi connectivity index (χ2n) is 4.47. The summed E-state index contributed by atoms with van der Waals surface area (Å²) in [5, 5.41) is 0. The number of hydrogen-bond donors (Lipinski definition) is 0. The third kappa shape index (κ3) is 2.84. The summed E-state index contributed by atoms with van der Waals surface area (Å²) in [6, 6.07) is 7.84. The quantitative estimate of drug-likeness (QED) is 0.727. The molecule has 0 unspecified atom stereocenters. The molecule has 0 bridgehead atoms. The first-order valence-electron chi connectivity index (χ1n) is 6.48. The Morgan fingerprint density at radius 1 is 1.05 bits per heavy atom. The van der Waals surface area contributed by atoms with Crippen LogP contribution in [0, 0.1) is 0 Å². The SMILES string of the molecule is COC(=O)N=C1C=CC(=C2C=Cc3ccccc3O2)C=C1. The first-order chi connectivity index (χ1) is 10.3. The van der Waals surface area contributed by atoms with Crippen molar-refractivity contribution in [3.05, 3.63) is 71.5 Å². The fourth-order valence-electron chi connectivity index (χ4n) is 2.04. The van der Waals surface area contributed by atoms with E-state index in [4.69, 9.17) is 4.74 Å². The van der Waals surface area contributed by atoms with Gasteiger partial charge in [-0.15, -0.1) is 0 Å². The first-order valence-corrected chi connectivity index (χ1v) is 6.48. The van der Waals surface area contributed by atoms with E-state index < -0.39 is 6.09 Å². The second kappa shape index (κ2) is 5.63. The molecule has 0 saturated heterocycles. The van der Waals surface area contributed by atoms with Crippen LogP contribution in [0.4, 0.5) is 4.79 Å². The van der Waals surface area contributed by atoms with Crippen molar-refractivity contribution in [1.82, 2.24) is 0 Å². The standard InChI is InChI=1S/C17H13NO3/c1-20-17(19)18-14-9-6-13(7-10-14)16-11-8-12-4-2-3-5-15(12)21-16/h2-11H,1H3. The number of para-hydroxylation sites is 1. The summed E-state index contributed by atoms with van der Waals surface area (Å²) < 4.78 is 10.4. The van der Waals surface area contributed by atoms with Gasteiger partial charge in [-0.1, -0.05) is 18.2 Å². The van der Waals surface area contributed by atoms with Crippen LogP contribution in [-0.4, -0.2) is 18.9 Å². The van der Waals surface area contributed by atoms with E-state index in [1.165, 1.54) is 7.11 Å². The molecule has 1 aliphatic carbocycles. The second-order valence-corrected chi connectivity index (χ2v) is 4.47. The monoisotopic (exact) mass is 279 g/mol. The molecule has 0 atom stereocenters. The summed E-state index contributed by atoms with van der Waals surface area (Å²) in [5.74, 6) is 1.59. The third-order valence-corrected chi connectivity index (χ3v) is 3.10. The first kappa shape index (κ1) is 13.1. The number of methoxy groups -OCH3 is 1. The molecule has 4 heteroatoms. The van der Waals surface area contributed by atoms with E-state index >= 15 is 0 Å². The van der Waals surface area contributed by atoms with Gasteiger partial charge in [0, 0.05) is 11.1 Å². The number of nitrogens with zero attached hydrogens (tertiary/aromatic N) is 1. The average molecular weight is 279 g/mol. The van der Waals surface area contributed by atoms with Crippen molar-refractivity contribution < 1.29 is 14.3 Å². The van der Waals surface area contributed by atoms with E-state index in [2.05, 4.69) is 9.73 Å². The Bertz CT molecular complexity index is 718. The van der Waals surface area contributed by atoms with Gasteiger partial charge in [0.1, 0.15) is 11.5 Å². The fourth-order valence-corrected chi connectivity index (χ4v) is 2.04. The highest BCUT2D eigenvalue weighted by atomic mass is 16.5. The highest BCUT2D eigenvalue weighted by Crippen LogP contribution is 2.29. The minimum absolute atomic E-state index is 0.548. The van der Waals surface area contributed by atoms with Crippen molar-refractivity contribution in [2.45, 2.75) is 0 Å². The predicted molar refractivity (Wildman–Crippen MR) is 81.3 cm³/mol. The van der Waals surface area contributed by atoms with Gasteiger partial charge in [0.15, 0.2) is 0 Å². The van der Waals surface area contributed by atoms with Crippen LogP contribution in [-0.2, 0) is 4.74 Å². The van der Waals surface area contributed by atoms with Crippen LogP contribution in [0.2, 0.25) is 0 Å². The number of allylic oxidation sites excluding steroid dienone is 6. The van der Waals surface area contributed by atoms with E-state index in [1.807, 2.05) is 48.6 Å². The number of amides is 1. The largest absolute Gasteiger partial charge is 0.456 e. The van der Waals surface area contributed by atoms with Gasteiger partial charge in [-0.05, 0) is 42.5 Å². The highest BCUT2D eigenvalue weighted by molar-refractivity contribution is 6.10. The lowest BCUT2D eigenvalue weighted by atomic mass is 10.0. The lowest BCUT2D eigenvalue weighted by Gasteiger charge is -2.16. The number of rotatable bonds is 0. The molecule has 4 nitrogen and oxygen atoms in total. The molecule has 1 aromatic rings. The maximum Gasteiger partial charge on any atom is 0.433 e. The van der Waals surface area contributed by atoms with E-state index in [1.54, 1.807) is 12.2 Å². The van der Waals surface area contributed by atoms with Crippen molar-refractivity contribution >= 4 is 17.9 Å². The maximum atomic E-state index is 11.1. The molecule has 0 N–H and O–H groups in total. The number of fused-ring (bicyclic) bond motifs is 1. The van der Waals surface area contributed by atoms with Gasteiger partial charge in [0.25, 0.3) is 0 Å². The van der Waals surface area contributed by atoms with Crippen LogP contribution in [0.15, 0.2) is 71.0 Å². The highest BCUT2D eigenvalue weighted by Gasteiger charge is 2.12. The fraction of sp³-hybridized carbons (Fsp3) is 0.0588. The van der Waals surface area contributed by atoms with Crippen molar-refractivity contribution in [3.8, 4) is 5.75 Å². The predicted octanol–water partition coefficient (Wildman–Crippen LogP) is 3.68. The summed E-state index contributed by atoms with van der Waals surface area (Å²) in [7, 11) is 1.30. The van der Waals surface area contributed by atoms with Gasteiger partial charge in [-0.3, -0.25) is 0 Å². The molecule has 104 valence electrons. The maximum absolute atomic E-state index is 11.1. The Balaban J connectivity index is 1.85. The average Bonchev–Trinajstić information content (AvgIpc) is 2.55. The third-order valence-electron chi connectivity index (χ3n) is 3.10. The van der Waals surface area contributed by atoms with Gasteiger partial charge in [0.05, 0.1) is 12.8 Å². The van der Waals surface area contributed by atoms with Crippen molar-refractivity contribution in [2.24, 2.45) is 4.99 Å². The summed E-state index contributed by atoms with van der Waals surface area (Å²) in [5.41, 5.74) is 2.52. The molecule has 0 aromatic heterocycles. The molecule has 1 aromatic carbocycles. The zero-order valence-electron chi connectivity index (χ0n) is 11.4. The Labute approximate surface area is 122 Å². The lowest BCUT2D eigenvalue weighted by Crippen LogP contribution is -2.05. The molecular weight excluding hydrogens is 266 g/mol. The zero-order valence-corrected chi connectivity index (χ0v) is 11.4. The number of ether oxygens (including phenoxy) is 2. The van der Waals surface area contributed by atoms with Gasteiger partial charge >= 0.3 is 6.09 Å². The van der Waals surface area contributed by atoms with Gasteiger partial charge in [-0.2, -0.15) is 4.99 Å². The smallest absolute Gasteiger partial charge is 0.433 e. The van der Waals surface area contributed by atoms with E-state index in [0.717, 1.165) is 22.6 Å². The number of benzene rings is 1. The summed E-state index contributed by atoms with van der Waals surface area (Å²) in [4.78, 5) is 14.8. The van der Waals surface area contributed by atoms with E-state index in [0.29, 0.717) is 5.71 Å². The molecule has 1 amide bonds. The minimum atomic E-state index is -0.613. The molecule has 0 spiro atoms. The van der Waals surface area contributed by atoms with E-state index in [-0.39, 0.29) is 0 Å². The molecule has 3 rings (SSSR count). The van der Waals surface area contributed by atoms with Crippen LogP contribution in [0.5, 0.6) is 5.75 Å². The van der Waals surface area contributed by atoms with Gasteiger partial charge in [0.2, 0.25) is 0 Å². The Morgan fingerprint density at radius 3 is 2.57 bits per heavy atom. The molecule has 1 heterocycles. The topological polar surface area (TPSA) is 47.9 Å². The molecule has 0 fully saturated rings. The zero-order chi connectivity index (χ0) is 14.7. The van der Waals surface area contributed by atoms with E-state index in [9.17, 15) is 4.79 Å². The minimum Gasteiger partial charge on any atom is -0.456 e. The summed E-state index contributed by atoms with van der Waals surface area (Å²) in [6.45, 7) is 0. The number of aliphatic imine (C=N–C) groups is 1. The Morgan fingerprint density at radius 2 is 1.81 bits per heavy atom. The van der Waals surface area contributed by atoms with Crippen LogP contribution in [0.25, 0.3) is 6.08 Å². The van der Waals surface area contributed by atoms with Crippen LogP contribution in [0.1, 0.15) is 5.56 Å². The van der Waals surface area contributed by atoms with Gasteiger partial charge < -0.3 is 9.47 Å². The van der Waals surface area contributed by atoms with Crippen molar-refractivity contribution in [3.63, 3.8) is 0 Å². The lowest BCUT2D eigenvalue weighted by molar-refractivity contribution is 0.182. The summed E-state index contributed by atoms with van der Waals surface area (Å²) in [6.07, 6.45) is 10.5. The Hall–Kier alpha value is -2.88. The molecule has 1 aliphatic heterocycles. The van der Waals surface area contributed by atoms with Crippen LogP contribution < -0.4 is 4.74 Å². The number of hydrogen-bond acceptors (Lipinski definition) is 3. The molecule has 0 radical (unpaired) electrons. The molecule has 0 saturated carbocycles. The van der Waals surface area contributed by atoms with Crippen molar-refractivity contribution in [1.29, 1.82) is 0 Å². The Kier molecular flexibility index (Phi) is 3.51. The molecular formula is C17H13NO3. The molecule has 2 aliphatic rings. The van der Waals surface area contributed by atoms with Gasteiger partial charge in [-0.25, -0.2) is 4.79 Å². The molecule has 21 heavy (non-hydrogen) atoms. The number of carbonyl (C=O) groups is 1.